The van der Waals surface area contributed by atoms with Gasteiger partial charge in [0.2, 0.25) is 12.7 Å². The number of nitrogens with zero attached hydrogens (tertiary/aromatic N) is 1. The van der Waals surface area contributed by atoms with Crippen LogP contribution >= 0.6 is 46.7 Å². The Morgan fingerprint density at radius 2 is 1.43 bits per heavy atom. The minimum Gasteiger partial charge on any atom is -0.448 e. The molecule has 4 heterocycles. The number of amides is 3. The third kappa shape index (κ3) is 9.87. The lowest BCUT2D eigenvalue weighted by molar-refractivity contribution is -0.166. The largest absolute Gasteiger partial charge is 0.448 e. The lowest BCUT2D eigenvalue weighted by atomic mass is 9.62. The van der Waals surface area contributed by atoms with Crippen LogP contribution in [0.25, 0.3) is 11.0 Å². The second-order valence-corrected chi connectivity index (χ2v) is 20.3. The second kappa shape index (κ2) is 20.0. The van der Waals surface area contributed by atoms with E-state index in [9.17, 15) is 47.9 Å². The minimum absolute atomic E-state index is 0.00806. The summed E-state index contributed by atoms with van der Waals surface area (Å²) in [6, 6.07) is 10.6. The summed E-state index contributed by atoms with van der Waals surface area (Å²) in [6.07, 6.45) is -0.00806. The number of thioether (sulfide) groups is 2. The van der Waals surface area contributed by atoms with Gasteiger partial charge in [0.15, 0.2) is 5.60 Å². The number of carbonyl (C=O) groups is 9. The summed E-state index contributed by atoms with van der Waals surface area (Å²) in [5.41, 5.74) is -1.56. The molecule has 3 amide bonds. The van der Waals surface area contributed by atoms with E-state index in [0.29, 0.717) is 33.2 Å². The van der Waals surface area contributed by atoms with Crippen LogP contribution in [0.1, 0.15) is 80.6 Å². The molecule has 8 rings (SSSR count). The summed E-state index contributed by atoms with van der Waals surface area (Å²) in [4.78, 5) is 129. The molecule has 3 aliphatic heterocycles. The zero-order valence-corrected chi connectivity index (χ0v) is 42.0. The molecule has 3 unspecified atom stereocenters. The highest BCUT2D eigenvalue weighted by molar-refractivity contribution is 8.01. The van der Waals surface area contributed by atoms with Crippen LogP contribution in [-0.4, -0.2) is 99.9 Å². The average Bonchev–Trinajstić information content (AvgIpc) is 3.64. The van der Waals surface area contributed by atoms with Crippen molar-refractivity contribution in [2.75, 3.05) is 24.8 Å². The molecule has 4 aliphatic rings. The van der Waals surface area contributed by atoms with Crippen LogP contribution in [0.4, 0.5) is 0 Å². The Bertz CT molecular complexity index is 3090. The third-order valence-electron chi connectivity index (χ3n) is 12.0. The quantitative estimate of drug-likeness (QED) is 0.0589. The molecule has 24 heteroatoms. The molecule has 2 fully saturated rings. The summed E-state index contributed by atoms with van der Waals surface area (Å²) in [7, 11) is 0. The Balaban J connectivity index is 1.02. The van der Waals surface area contributed by atoms with E-state index in [2.05, 4.69) is 10.6 Å². The van der Waals surface area contributed by atoms with Crippen molar-refractivity contribution in [2.45, 2.75) is 75.6 Å². The number of esters is 6. The van der Waals surface area contributed by atoms with Crippen LogP contribution in [0.15, 0.2) is 69.0 Å². The second-order valence-electron chi connectivity index (χ2n) is 17.2. The van der Waals surface area contributed by atoms with Gasteiger partial charge >= 0.3 is 41.4 Å². The highest BCUT2D eigenvalue weighted by Crippen LogP contribution is 2.59. The zero-order chi connectivity index (χ0) is 52.1. The number of rotatable bonds is 13. The Morgan fingerprint density at radius 1 is 0.806 bits per heavy atom. The van der Waals surface area contributed by atoms with Crippen LogP contribution in [-0.2, 0) is 63.6 Å². The van der Waals surface area contributed by atoms with Gasteiger partial charge in [0.05, 0.1) is 16.6 Å². The first kappa shape index (κ1) is 51.5. The Morgan fingerprint density at radius 3 is 2.03 bits per heavy atom. The molecule has 3 atom stereocenters. The van der Waals surface area contributed by atoms with Crippen molar-refractivity contribution in [2.24, 2.45) is 0 Å². The van der Waals surface area contributed by atoms with Crippen molar-refractivity contribution in [1.82, 2.24) is 15.5 Å². The van der Waals surface area contributed by atoms with Gasteiger partial charge in [-0.15, -0.1) is 23.5 Å². The molecule has 0 bridgehead atoms. The number of fused-ring (bicyclic) bond motifs is 6. The molecular formula is C48H41Cl2N3O17S2. The van der Waals surface area contributed by atoms with Gasteiger partial charge in [0.1, 0.15) is 50.8 Å². The van der Waals surface area contributed by atoms with Crippen molar-refractivity contribution >= 4 is 111 Å². The smallest absolute Gasteiger partial charge is 0.357 e. The first-order valence-electron chi connectivity index (χ1n) is 21.7. The number of ether oxygens (including phenoxy) is 6. The van der Waals surface area contributed by atoms with Crippen molar-refractivity contribution in [3.63, 3.8) is 0 Å². The van der Waals surface area contributed by atoms with Crippen LogP contribution in [0, 0.1) is 0 Å². The van der Waals surface area contributed by atoms with E-state index in [-0.39, 0.29) is 56.5 Å². The van der Waals surface area contributed by atoms with E-state index >= 15 is 0 Å². The van der Waals surface area contributed by atoms with Crippen LogP contribution < -0.4 is 30.5 Å². The first-order chi connectivity index (χ1) is 34.0. The maximum absolute atomic E-state index is 14.2. The Kier molecular flexibility index (Phi) is 14.3. The molecule has 0 radical (unpaired) electrons. The molecule has 1 aromatic heterocycles. The topological polar surface area (TPSA) is 267 Å². The van der Waals surface area contributed by atoms with Crippen LogP contribution in [0.2, 0.25) is 10.0 Å². The molecule has 4 aromatic rings. The van der Waals surface area contributed by atoms with E-state index in [0.717, 1.165) is 23.6 Å². The highest BCUT2D eigenvalue weighted by atomic mass is 35.5. The molecule has 376 valence electrons. The summed E-state index contributed by atoms with van der Waals surface area (Å²) < 4.78 is 37.6. The van der Waals surface area contributed by atoms with Gasteiger partial charge in [-0.1, -0.05) is 37.0 Å². The maximum Gasteiger partial charge on any atom is 0.357 e. The first-order valence-corrected chi connectivity index (χ1v) is 24.6. The molecule has 1 spiro atoms. The van der Waals surface area contributed by atoms with Gasteiger partial charge in [0, 0.05) is 73.6 Å². The van der Waals surface area contributed by atoms with E-state index in [1.54, 1.807) is 24.3 Å². The molecule has 0 saturated carbocycles. The molecule has 1 aliphatic carbocycles. The highest BCUT2D eigenvalue weighted by Gasteiger charge is 2.58. The number of β-lactam (4-membered cyclic amide) rings is 1. The zero-order valence-electron chi connectivity index (χ0n) is 38.8. The molecule has 2 N–H and O–H groups in total. The van der Waals surface area contributed by atoms with Crippen molar-refractivity contribution in [1.29, 1.82) is 0 Å². The lowest BCUT2D eigenvalue weighted by Gasteiger charge is -2.49. The van der Waals surface area contributed by atoms with Gasteiger partial charge in [-0.3, -0.25) is 43.3 Å². The van der Waals surface area contributed by atoms with E-state index < -0.39 is 106 Å². The summed E-state index contributed by atoms with van der Waals surface area (Å²) in [5.74, 6) is -6.42. The van der Waals surface area contributed by atoms with Gasteiger partial charge in [-0.25, -0.2) is 9.59 Å². The average molecular weight is 1070 g/mol. The Hall–Kier alpha value is -6.88. The predicted octanol–water partition coefficient (Wildman–Crippen LogP) is 4.96. The van der Waals surface area contributed by atoms with Crippen LogP contribution in [0.5, 0.6) is 17.2 Å². The van der Waals surface area contributed by atoms with Gasteiger partial charge < -0.3 is 43.5 Å². The fraction of sp³-hybridized carbons (Fsp3) is 0.333. The summed E-state index contributed by atoms with van der Waals surface area (Å²) >= 11 is 15.7. The molecule has 72 heavy (non-hydrogen) atoms. The fourth-order valence-electron chi connectivity index (χ4n) is 8.82. The monoisotopic (exact) mass is 1070 g/mol. The van der Waals surface area contributed by atoms with E-state index in [1.165, 1.54) is 56.8 Å². The standard InChI is InChI=1S/C48H41Cl2N3O17S2/c1-20(54)64-19-65-46(63)40-25(18-72-43-39(42(60)53(40)43)52-38(58)16-51-41(59)27-9-24-7-8-26(66-21(2)55)10-34(24)69-44(27)61)17-71-37-15-48(70-45(37)62)30-11-32(49)35(67-22(3)56)13-28(30)47(5,6)29-14-36(68-23(4)57)33(50)12-31(29)48/h7-14,37,39,43H,15-19H2,1-6H3,(H,51,59)(H,52,58). The van der Waals surface area contributed by atoms with Gasteiger partial charge in [-0.05, 0) is 59.2 Å². The molecule has 20 nitrogen and oxygen atoms in total. The number of halogens is 2. The number of hydrogen-bond acceptors (Lipinski definition) is 19. The molecule has 3 aromatic carbocycles. The SMILES string of the molecule is CC(=O)OCOC(=O)C1=C(CSC2CC3(OC2=O)c2cc(Cl)c(OC(C)=O)cc2C(C)(C)c2cc(OC(C)=O)c(Cl)cc23)CSC2C(NC(=O)CNC(=O)c3cc4ccc(OC(C)=O)cc4oc3=O)C(=O)N12. The van der Waals surface area contributed by atoms with Crippen molar-refractivity contribution in [3.8, 4) is 17.2 Å². The summed E-state index contributed by atoms with van der Waals surface area (Å²) in [5, 5.41) is 3.56. The third-order valence-corrected chi connectivity index (χ3v) is 15.2. The minimum atomic E-state index is -1.53. The number of hydrogen-bond donors (Lipinski definition) is 2. The normalized spacial score (nSPS) is 18.9. The lowest BCUT2D eigenvalue weighted by Crippen LogP contribution is -2.71. The maximum atomic E-state index is 14.2. The van der Waals surface area contributed by atoms with E-state index in [4.69, 9.17) is 56.0 Å². The van der Waals surface area contributed by atoms with Gasteiger partial charge in [0.25, 0.3) is 11.8 Å². The summed E-state index contributed by atoms with van der Waals surface area (Å²) in [6.45, 7) is 7.07. The van der Waals surface area contributed by atoms with Crippen LogP contribution in [0.3, 0.4) is 0 Å². The number of benzene rings is 3. The van der Waals surface area contributed by atoms with Gasteiger partial charge in [-0.2, -0.15) is 0 Å². The van der Waals surface area contributed by atoms with Crippen molar-refractivity contribution < 1.29 is 76.0 Å². The van der Waals surface area contributed by atoms with E-state index in [1.807, 2.05) is 13.8 Å². The fourth-order valence-corrected chi connectivity index (χ4v) is 11.9. The molecular weight excluding hydrogens is 1030 g/mol. The predicted molar refractivity (Wildman–Crippen MR) is 256 cm³/mol. The molecule has 2 saturated heterocycles. The van der Waals surface area contributed by atoms with Crippen molar-refractivity contribution in [3.05, 3.63) is 108 Å². The Labute approximate surface area is 426 Å². The number of carbonyl (C=O) groups excluding carboxylic acids is 9. The number of nitrogens with one attached hydrogen (secondary N) is 2.